The molecule has 7 nitrogen and oxygen atoms in total. The molecule has 0 amide bonds. The van der Waals surface area contributed by atoms with Gasteiger partial charge in [-0.25, -0.2) is 4.98 Å². The maximum Gasteiger partial charge on any atom is 0.373 e. The summed E-state index contributed by atoms with van der Waals surface area (Å²) < 4.78 is 5.14. The molecule has 21 heavy (non-hydrogen) atoms. The standard InChI is InChI=1S/C12H10Cl2N4O3/c1-2-21-12-10(18(19)20)11(15-6-16-12)17-9-4-3-7(13)5-8(9)14/h3-6H,2H2,1H3,(H,15,16,17). The smallest absolute Gasteiger partial charge is 0.373 e. The second-order valence-electron chi connectivity index (χ2n) is 3.82. The van der Waals surface area contributed by atoms with Crippen molar-refractivity contribution < 1.29 is 9.66 Å². The summed E-state index contributed by atoms with van der Waals surface area (Å²) in [4.78, 5) is 18.2. The highest BCUT2D eigenvalue weighted by molar-refractivity contribution is 6.36. The first-order valence-electron chi connectivity index (χ1n) is 5.87. The van der Waals surface area contributed by atoms with Gasteiger partial charge in [0, 0.05) is 5.02 Å². The number of rotatable bonds is 5. The number of hydrogen-bond donors (Lipinski definition) is 1. The monoisotopic (exact) mass is 328 g/mol. The Morgan fingerprint density at radius 2 is 2.14 bits per heavy atom. The fourth-order valence-electron chi connectivity index (χ4n) is 1.58. The minimum Gasteiger partial charge on any atom is -0.473 e. The van der Waals surface area contributed by atoms with Gasteiger partial charge in [0.15, 0.2) is 0 Å². The summed E-state index contributed by atoms with van der Waals surface area (Å²) in [5, 5.41) is 14.8. The van der Waals surface area contributed by atoms with Crippen LogP contribution >= 0.6 is 23.2 Å². The highest BCUT2D eigenvalue weighted by Crippen LogP contribution is 2.35. The zero-order valence-electron chi connectivity index (χ0n) is 10.8. The third-order valence-electron chi connectivity index (χ3n) is 2.44. The van der Waals surface area contributed by atoms with E-state index >= 15 is 0 Å². The number of benzene rings is 1. The van der Waals surface area contributed by atoms with Gasteiger partial charge in [-0.05, 0) is 25.1 Å². The highest BCUT2D eigenvalue weighted by atomic mass is 35.5. The van der Waals surface area contributed by atoms with Crippen LogP contribution in [0.25, 0.3) is 0 Å². The van der Waals surface area contributed by atoms with Gasteiger partial charge in [-0.2, -0.15) is 4.98 Å². The summed E-state index contributed by atoms with van der Waals surface area (Å²) in [6, 6.07) is 4.71. The Hall–Kier alpha value is -2.12. The van der Waals surface area contributed by atoms with Gasteiger partial charge >= 0.3 is 5.69 Å². The first-order chi connectivity index (χ1) is 10.0. The molecule has 0 saturated heterocycles. The SMILES string of the molecule is CCOc1ncnc(Nc2ccc(Cl)cc2Cl)c1[N+](=O)[O-]. The Kier molecular flexibility index (Phi) is 4.77. The predicted molar refractivity (Wildman–Crippen MR) is 79.6 cm³/mol. The zero-order valence-corrected chi connectivity index (χ0v) is 12.4. The van der Waals surface area contributed by atoms with Gasteiger partial charge in [0.25, 0.3) is 5.88 Å². The third-order valence-corrected chi connectivity index (χ3v) is 2.98. The molecule has 1 aromatic carbocycles. The van der Waals surface area contributed by atoms with Gasteiger partial charge < -0.3 is 10.1 Å². The zero-order chi connectivity index (χ0) is 15.4. The fourth-order valence-corrected chi connectivity index (χ4v) is 2.04. The van der Waals surface area contributed by atoms with Crippen LogP contribution in [0.1, 0.15) is 6.92 Å². The molecule has 0 fully saturated rings. The van der Waals surface area contributed by atoms with Crippen LogP contribution in [-0.2, 0) is 0 Å². The van der Waals surface area contributed by atoms with Crippen molar-refractivity contribution in [3.63, 3.8) is 0 Å². The van der Waals surface area contributed by atoms with Crippen LogP contribution in [0, 0.1) is 10.1 Å². The summed E-state index contributed by atoms with van der Waals surface area (Å²) in [6.45, 7) is 1.95. The summed E-state index contributed by atoms with van der Waals surface area (Å²) in [5.74, 6) is -0.118. The van der Waals surface area contributed by atoms with E-state index in [4.69, 9.17) is 27.9 Å². The molecular formula is C12H10Cl2N4O3. The summed E-state index contributed by atoms with van der Waals surface area (Å²) >= 11 is 11.8. The van der Waals surface area contributed by atoms with E-state index < -0.39 is 4.92 Å². The van der Waals surface area contributed by atoms with Crippen LogP contribution in [0.5, 0.6) is 5.88 Å². The molecule has 0 spiro atoms. The van der Waals surface area contributed by atoms with Crippen molar-refractivity contribution in [2.24, 2.45) is 0 Å². The molecule has 2 rings (SSSR count). The molecule has 0 saturated carbocycles. The average Bonchev–Trinajstić information content (AvgIpc) is 2.42. The van der Waals surface area contributed by atoms with Crippen molar-refractivity contribution in [3.8, 4) is 5.88 Å². The molecule has 0 atom stereocenters. The Morgan fingerprint density at radius 1 is 1.38 bits per heavy atom. The van der Waals surface area contributed by atoms with Crippen LogP contribution in [-0.4, -0.2) is 21.5 Å². The molecule has 1 aromatic heterocycles. The Morgan fingerprint density at radius 3 is 2.76 bits per heavy atom. The van der Waals surface area contributed by atoms with E-state index in [-0.39, 0.29) is 24.0 Å². The summed E-state index contributed by atoms with van der Waals surface area (Å²) in [5.41, 5.74) is 0.0793. The maximum atomic E-state index is 11.2. The van der Waals surface area contributed by atoms with Crippen LogP contribution in [0.4, 0.5) is 17.2 Å². The molecule has 0 aliphatic carbocycles. The van der Waals surface area contributed by atoms with Gasteiger partial charge in [0.1, 0.15) is 6.33 Å². The van der Waals surface area contributed by atoms with Gasteiger partial charge in [0.2, 0.25) is 5.82 Å². The fraction of sp³-hybridized carbons (Fsp3) is 0.167. The minimum absolute atomic E-state index is 0.0114. The lowest BCUT2D eigenvalue weighted by Crippen LogP contribution is -2.05. The van der Waals surface area contributed by atoms with Crippen molar-refractivity contribution in [1.29, 1.82) is 0 Å². The Balaban J connectivity index is 2.43. The first kappa shape index (κ1) is 15.3. The number of hydrogen-bond acceptors (Lipinski definition) is 6. The lowest BCUT2D eigenvalue weighted by atomic mass is 10.3. The van der Waals surface area contributed by atoms with Gasteiger partial charge in [-0.1, -0.05) is 23.2 Å². The number of halogens is 2. The normalized spacial score (nSPS) is 10.2. The lowest BCUT2D eigenvalue weighted by molar-refractivity contribution is -0.385. The van der Waals surface area contributed by atoms with Crippen LogP contribution in [0.3, 0.4) is 0 Å². The van der Waals surface area contributed by atoms with E-state index in [0.717, 1.165) is 0 Å². The minimum atomic E-state index is -0.614. The van der Waals surface area contributed by atoms with Crippen molar-refractivity contribution >= 4 is 40.4 Å². The third kappa shape index (κ3) is 3.50. The number of anilines is 2. The lowest BCUT2D eigenvalue weighted by Gasteiger charge is -2.09. The van der Waals surface area contributed by atoms with E-state index in [2.05, 4.69) is 15.3 Å². The number of aromatic nitrogens is 2. The summed E-state index contributed by atoms with van der Waals surface area (Å²) in [6.07, 6.45) is 1.17. The highest BCUT2D eigenvalue weighted by Gasteiger charge is 2.24. The maximum absolute atomic E-state index is 11.2. The van der Waals surface area contributed by atoms with Gasteiger partial charge in [-0.3, -0.25) is 10.1 Å². The van der Waals surface area contributed by atoms with Gasteiger partial charge in [-0.15, -0.1) is 0 Å². The molecule has 0 aliphatic heterocycles. The molecule has 0 bridgehead atoms. The van der Waals surface area contributed by atoms with E-state index in [1.165, 1.54) is 12.4 Å². The average molecular weight is 329 g/mol. The molecule has 1 heterocycles. The van der Waals surface area contributed by atoms with Crippen molar-refractivity contribution in [1.82, 2.24) is 9.97 Å². The van der Waals surface area contributed by atoms with E-state index in [1.54, 1.807) is 19.1 Å². The molecule has 9 heteroatoms. The van der Waals surface area contributed by atoms with Crippen LogP contribution < -0.4 is 10.1 Å². The second-order valence-corrected chi connectivity index (χ2v) is 4.66. The first-order valence-corrected chi connectivity index (χ1v) is 6.62. The van der Waals surface area contributed by atoms with E-state index in [0.29, 0.717) is 15.7 Å². The molecule has 110 valence electrons. The Bertz CT molecular complexity index is 682. The number of ether oxygens (including phenoxy) is 1. The number of nitrogens with zero attached hydrogens (tertiary/aromatic N) is 3. The Labute approximate surface area is 130 Å². The molecular weight excluding hydrogens is 319 g/mol. The quantitative estimate of drug-likeness (QED) is 0.662. The molecule has 2 aromatic rings. The van der Waals surface area contributed by atoms with Gasteiger partial charge in [0.05, 0.1) is 22.2 Å². The van der Waals surface area contributed by atoms with Crippen LogP contribution in [0.2, 0.25) is 10.0 Å². The molecule has 0 aliphatic rings. The van der Waals surface area contributed by atoms with Crippen molar-refractivity contribution in [3.05, 3.63) is 44.7 Å². The molecule has 1 N–H and O–H groups in total. The number of nitro groups is 1. The number of nitrogens with one attached hydrogen (secondary N) is 1. The topological polar surface area (TPSA) is 90.2 Å². The summed E-state index contributed by atoms with van der Waals surface area (Å²) in [7, 11) is 0. The largest absolute Gasteiger partial charge is 0.473 e. The van der Waals surface area contributed by atoms with E-state index in [9.17, 15) is 10.1 Å². The van der Waals surface area contributed by atoms with Crippen molar-refractivity contribution in [2.75, 3.05) is 11.9 Å². The second kappa shape index (κ2) is 6.55. The van der Waals surface area contributed by atoms with Crippen molar-refractivity contribution in [2.45, 2.75) is 6.92 Å². The predicted octanol–water partition coefficient (Wildman–Crippen LogP) is 3.83. The molecule has 0 unspecified atom stereocenters. The molecule has 0 radical (unpaired) electrons. The van der Waals surface area contributed by atoms with E-state index in [1.807, 2.05) is 0 Å². The van der Waals surface area contributed by atoms with Crippen LogP contribution in [0.15, 0.2) is 24.5 Å².